The third-order valence-corrected chi connectivity index (χ3v) is 11.5. The minimum absolute atomic E-state index is 0.0465. The highest BCUT2D eigenvalue weighted by Crippen LogP contribution is 2.49. The summed E-state index contributed by atoms with van der Waals surface area (Å²) in [6, 6.07) is 24.6. The summed E-state index contributed by atoms with van der Waals surface area (Å²) in [7, 11) is 0. The van der Waals surface area contributed by atoms with Gasteiger partial charge in [-0.2, -0.15) is 0 Å². The fourth-order valence-corrected chi connectivity index (χ4v) is 8.16. The topological polar surface area (TPSA) is 197 Å². The molecule has 0 radical (unpaired) electrons. The van der Waals surface area contributed by atoms with E-state index in [1.165, 1.54) is 4.80 Å². The van der Waals surface area contributed by atoms with E-state index in [0.29, 0.717) is 45.6 Å². The molecule has 5 heterocycles. The molecular formula is C43H27Cl3N9O5+. The highest BCUT2D eigenvalue weighted by Gasteiger charge is 2.31. The van der Waals surface area contributed by atoms with E-state index in [0.717, 1.165) is 40.1 Å². The van der Waals surface area contributed by atoms with Gasteiger partial charge in [0.05, 0.1) is 46.9 Å². The number of aromatic carboxylic acids is 2. The Morgan fingerprint density at radius 1 is 0.617 bits per heavy atom. The van der Waals surface area contributed by atoms with Crippen LogP contribution in [0.3, 0.4) is 0 Å². The van der Waals surface area contributed by atoms with E-state index in [-0.39, 0.29) is 65.2 Å². The van der Waals surface area contributed by atoms with Crippen molar-refractivity contribution in [1.29, 1.82) is 0 Å². The predicted molar refractivity (Wildman–Crippen MR) is 226 cm³/mol. The summed E-state index contributed by atoms with van der Waals surface area (Å²) in [6.45, 7) is 6.45. The number of nitrogens with zero attached hydrogens (tertiary/aromatic N) is 7. The molecule has 0 fully saturated rings. The Bertz CT molecular complexity index is 3380. The zero-order valence-corrected chi connectivity index (χ0v) is 33.7. The number of benzene rings is 5. The first-order valence-corrected chi connectivity index (χ1v) is 19.4. The van der Waals surface area contributed by atoms with Gasteiger partial charge < -0.3 is 24.9 Å². The molecule has 0 atom stereocenters. The monoisotopic (exact) mass is 854 g/mol. The lowest BCUT2D eigenvalue weighted by molar-refractivity contribution is -0.711. The number of H-pyrrole nitrogens is 2. The van der Waals surface area contributed by atoms with E-state index in [9.17, 15) is 19.8 Å². The number of hydrogen-bond donors (Lipinski definition) is 4. The number of carboxylic acid groups (broad SMARTS) is 2. The maximum absolute atomic E-state index is 11.9. The lowest BCUT2D eigenvalue weighted by atomic mass is 9.86. The third-order valence-electron chi connectivity index (χ3n) is 10.3. The Kier molecular flexibility index (Phi) is 8.40. The molecule has 4 N–H and O–H groups in total. The molecule has 14 nitrogen and oxygen atoms in total. The van der Waals surface area contributed by atoms with Crippen LogP contribution in [-0.2, 0) is 5.41 Å². The molecule has 0 saturated carbocycles. The molecule has 2 aliphatic heterocycles. The summed E-state index contributed by atoms with van der Waals surface area (Å²) in [5.74, 6) is -2.02. The predicted octanol–water partition coefficient (Wildman–Crippen LogP) is 9.93. The van der Waals surface area contributed by atoms with Crippen molar-refractivity contribution in [2.45, 2.75) is 26.2 Å². The van der Waals surface area contributed by atoms with Crippen molar-refractivity contribution in [2.24, 2.45) is 0 Å². The van der Waals surface area contributed by atoms with Crippen molar-refractivity contribution in [3.63, 3.8) is 0 Å². The Labute approximate surface area is 353 Å². The van der Waals surface area contributed by atoms with Crippen LogP contribution in [0.15, 0.2) is 84.9 Å². The number of carbonyl (C=O) groups is 2. The first-order valence-electron chi connectivity index (χ1n) is 18.3. The number of para-hydroxylation sites is 1. The number of hydrogen-bond acceptors (Lipinski definition) is 9. The van der Waals surface area contributed by atoms with Crippen LogP contribution in [0.25, 0.3) is 84.0 Å². The van der Waals surface area contributed by atoms with E-state index in [4.69, 9.17) is 69.7 Å². The van der Waals surface area contributed by atoms with Gasteiger partial charge in [0.25, 0.3) is 5.69 Å². The van der Waals surface area contributed by atoms with Crippen molar-refractivity contribution in [3.8, 4) is 51.3 Å². The van der Waals surface area contributed by atoms with E-state index in [1.54, 1.807) is 0 Å². The Hall–Kier alpha value is -7.00. The molecule has 17 heteroatoms. The number of aromatic amines is 2. The van der Waals surface area contributed by atoms with Crippen LogP contribution in [0.1, 0.15) is 47.1 Å². The van der Waals surface area contributed by atoms with Gasteiger partial charge in [0, 0.05) is 28.0 Å². The molecule has 2 aliphatic rings. The maximum Gasteiger partial charge on any atom is 0.335 e. The highest BCUT2D eigenvalue weighted by molar-refractivity contribution is 6.51. The summed E-state index contributed by atoms with van der Waals surface area (Å²) in [5, 5.41) is 31.1. The smallest absolute Gasteiger partial charge is 0.335 e. The van der Waals surface area contributed by atoms with Crippen LogP contribution in [0.5, 0.6) is 11.5 Å². The Morgan fingerprint density at radius 3 is 1.87 bits per heavy atom. The molecule has 0 unspecified atom stereocenters. The van der Waals surface area contributed by atoms with Crippen LogP contribution in [-0.4, -0.2) is 62.3 Å². The van der Waals surface area contributed by atoms with Crippen molar-refractivity contribution >= 4 is 90.9 Å². The van der Waals surface area contributed by atoms with Gasteiger partial charge in [-0.3, -0.25) is 0 Å². The van der Waals surface area contributed by atoms with Gasteiger partial charge in [-0.1, -0.05) is 104 Å². The van der Waals surface area contributed by atoms with Crippen molar-refractivity contribution in [2.75, 3.05) is 0 Å². The molecular weight excluding hydrogens is 829 g/mol. The summed E-state index contributed by atoms with van der Waals surface area (Å²) in [5.41, 5.74) is 4.42. The zero-order chi connectivity index (χ0) is 41.8. The van der Waals surface area contributed by atoms with Crippen LogP contribution in [0.2, 0.25) is 15.1 Å². The standard InChI is InChI=1S/C43H26Cl3N9O5/c1-43(2,3)20-12-13-24-26(17-20)37-49-36(24)48-34-22-8-4-5-9-23(22)35(47-34)51-39-28-29(40(52-39)54-55-27-11-7-6-10-25(27)38(50-37)53-55)31(45)33(32(46)30(28)44)60-21-15-18(41(56)57)14-19(16-21)42(58)59/h4-17H,1-3H3,(H3,47,48,49,50,51,52,53,54,56,57,58,59)/p+1. The Morgan fingerprint density at radius 2 is 1.20 bits per heavy atom. The number of fused-ring (bicyclic) bond motifs is 20. The number of carboxylic acids is 2. The highest BCUT2D eigenvalue weighted by atomic mass is 35.5. The average molecular weight is 856 g/mol. The summed E-state index contributed by atoms with van der Waals surface area (Å²) in [4.78, 5) is 52.0. The largest absolute Gasteiger partial charge is 0.478 e. The second-order valence-electron chi connectivity index (χ2n) is 15.1. The first kappa shape index (κ1) is 37.3. The molecule has 8 aromatic rings. The average Bonchev–Trinajstić information content (AvgIpc) is 3.96. The fourth-order valence-electron chi connectivity index (χ4n) is 7.30. The van der Waals surface area contributed by atoms with Gasteiger partial charge in [-0.25, -0.2) is 29.5 Å². The van der Waals surface area contributed by atoms with Gasteiger partial charge in [0.1, 0.15) is 33.3 Å². The second-order valence-corrected chi connectivity index (χ2v) is 16.2. The molecule has 0 amide bonds. The molecule has 8 bridgehead atoms. The zero-order valence-electron chi connectivity index (χ0n) is 31.5. The number of rotatable bonds is 4. The molecule has 3 aromatic heterocycles. The Balaban J connectivity index is 1.33. The second kappa shape index (κ2) is 13.5. The van der Waals surface area contributed by atoms with Gasteiger partial charge >= 0.3 is 11.9 Å². The third kappa shape index (κ3) is 5.98. The lowest BCUT2D eigenvalue weighted by Crippen LogP contribution is -2.35. The molecule has 10 rings (SSSR count). The fraction of sp³-hybridized carbons (Fsp3) is 0.0930. The van der Waals surface area contributed by atoms with Crippen LogP contribution in [0, 0.1) is 0 Å². The van der Waals surface area contributed by atoms with Crippen LogP contribution >= 0.6 is 34.8 Å². The van der Waals surface area contributed by atoms with Gasteiger partial charge in [0.15, 0.2) is 17.4 Å². The SMILES string of the molecule is CC(C)(C)c1ccc2c3nc4nc(nc5[nH]c(n[n+]6nc(nc([nH]3)c2c1)-c1ccccc1-6)c1c(Cl)c(Oc2cc(C(=O)O)cc(C(=O)O)c2)c(Cl)c(Cl)c51)-c1ccccc1-4. The quantitative estimate of drug-likeness (QED) is 0.0971. The van der Waals surface area contributed by atoms with Crippen LogP contribution in [0.4, 0.5) is 0 Å². The number of halogens is 3. The molecule has 0 aliphatic carbocycles. The summed E-state index contributed by atoms with van der Waals surface area (Å²) in [6.07, 6.45) is 0. The van der Waals surface area contributed by atoms with Crippen LogP contribution < -0.4 is 9.53 Å². The van der Waals surface area contributed by atoms with E-state index in [2.05, 4.69) is 42.9 Å². The van der Waals surface area contributed by atoms with Gasteiger partial charge in [-0.05, 0) is 41.3 Å². The number of ether oxygens (including phenoxy) is 1. The summed E-state index contributed by atoms with van der Waals surface area (Å²) < 4.78 is 6.08. The van der Waals surface area contributed by atoms with Crippen molar-refractivity contribution in [1.82, 2.24) is 40.1 Å². The number of nitrogens with one attached hydrogen (secondary N) is 2. The maximum atomic E-state index is 11.9. The summed E-state index contributed by atoms with van der Waals surface area (Å²) >= 11 is 21.2. The molecule has 0 saturated heterocycles. The van der Waals surface area contributed by atoms with Crippen molar-refractivity contribution < 1.29 is 29.3 Å². The lowest BCUT2D eigenvalue weighted by Gasteiger charge is -2.18. The molecule has 60 heavy (non-hydrogen) atoms. The minimum atomic E-state index is -1.37. The van der Waals surface area contributed by atoms with E-state index >= 15 is 0 Å². The van der Waals surface area contributed by atoms with Gasteiger partial charge in [0.2, 0.25) is 11.5 Å². The van der Waals surface area contributed by atoms with Gasteiger partial charge in [-0.15, -0.1) is 0 Å². The van der Waals surface area contributed by atoms with E-state index in [1.807, 2.05) is 54.6 Å². The molecule has 294 valence electrons. The normalized spacial score (nSPS) is 12.1. The molecule has 0 spiro atoms. The minimum Gasteiger partial charge on any atom is -0.478 e. The first-order chi connectivity index (χ1) is 28.7. The molecule has 5 aromatic carbocycles. The van der Waals surface area contributed by atoms with Crippen molar-refractivity contribution in [3.05, 3.63) is 117 Å². The number of aromatic nitrogens is 9. The van der Waals surface area contributed by atoms with E-state index < -0.39 is 11.9 Å².